The molecule has 2 aromatic rings. The van der Waals surface area contributed by atoms with Crippen molar-refractivity contribution >= 4 is 40.8 Å². The van der Waals surface area contributed by atoms with E-state index in [1.54, 1.807) is 6.07 Å². The molecule has 1 aromatic carbocycles. The fourth-order valence-corrected chi connectivity index (χ4v) is 5.34. The molecular weight excluding hydrogens is 487 g/mol. The number of piperidine rings is 2. The Morgan fingerprint density at radius 1 is 1.11 bits per heavy atom. The van der Waals surface area contributed by atoms with Crippen molar-refractivity contribution < 1.29 is 9.59 Å². The Morgan fingerprint density at radius 2 is 1.89 bits per heavy atom. The van der Waals surface area contributed by atoms with Crippen molar-refractivity contribution in [2.75, 3.05) is 38.0 Å². The largest absolute Gasteiger partial charge is 0.369 e. The first-order valence-electron chi connectivity index (χ1n) is 12.2. The zero-order valence-electron chi connectivity index (χ0n) is 20.0. The van der Waals surface area contributed by atoms with Crippen molar-refractivity contribution in [2.45, 2.75) is 45.1 Å². The quantitative estimate of drug-likeness (QED) is 0.580. The van der Waals surface area contributed by atoms with Crippen molar-refractivity contribution in [3.8, 4) is 0 Å². The van der Waals surface area contributed by atoms with E-state index in [-0.39, 0.29) is 17.7 Å². The first kappa shape index (κ1) is 25.7. The van der Waals surface area contributed by atoms with E-state index in [4.69, 9.17) is 28.9 Å². The van der Waals surface area contributed by atoms with Crippen LogP contribution in [0.15, 0.2) is 24.5 Å². The standard InChI is InChI=1S/C25H32Cl2N6O2/c1-16-22(30-15-31-24(16)29-9-6-17-4-5-20(26)21(27)13-17)25(35)32-11-7-19(8-12-32)33-10-2-3-18(14-33)23(28)34/h4-5,13,15,18-19H,2-3,6-12,14H2,1H3,(H2,28,34)(H,29,30,31). The van der Waals surface area contributed by atoms with Gasteiger partial charge in [0.15, 0.2) is 0 Å². The fraction of sp³-hybridized carbons (Fsp3) is 0.520. The molecule has 4 rings (SSSR count). The lowest BCUT2D eigenvalue weighted by Gasteiger charge is -2.41. The number of likely N-dealkylation sites (tertiary alicyclic amines) is 2. The topological polar surface area (TPSA) is 104 Å². The van der Waals surface area contributed by atoms with Crippen LogP contribution >= 0.6 is 23.2 Å². The van der Waals surface area contributed by atoms with Gasteiger partial charge in [-0.2, -0.15) is 0 Å². The predicted molar refractivity (Wildman–Crippen MR) is 138 cm³/mol. The number of benzene rings is 1. The summed E-state index contributed by atoms with van der Waals surface area (Å²) in [4.78, 5) is 37.8. The normalized spacial score (nSPS) is 19.5. The third-order valence-electron chi connectivity index (χ3n) is 7.10. The monoisotopic (exact) mass is 518 g/mol. The number of carbonyl (C=O) groups excluding carboxylic acids is 2. The van der Waals surface area contributed by atoms with Crippen LogP contribution in [0, 0.1) is 12.8 Å². The minimum atomic E-state index is -0.206. The number of carbonyl (C=O) groups is 2. The summed E-state index contributed by atoms with van der Waals surface area (Å²) >= 11 is 12.1. The van der Waals surface area contributed by atoms with E-state index in [2.05, 4.69) is 20.2 Å². The van der Waals surface area contributed by atoms with Crippen LogP contribution < -0.4 is 11.1 Å². The molecule has 2 amide bonds. The molecular formula is C25H32Cl2N6O2. The van der Waals surface area contributed by atoms with E-state index in [0.29, 0.717) is 47.2 Å². The molecule has 3 heterocycles. The van der Waals surface area contributed by atoms with Crippen molar-refractivity contribution in [1.82, 2.24) is 19.8 Å². The summed E-state index contributed by atoms with van der Waals surface area (Å²) in [6.45, 7) is 5.58. The summed E-state index contributed by atoms with van der Waals surface area (Å²) in [6.07, 6.45) is 5.82. The van der Waals surface area contributed by atoms with Gasteiger partial charge in [0, 0.05) is 37.8 Å². The smallest absolute Gasteiger partial charge is 0.272 e. The highest BCUT2D eigenvalue weighted by Crippen LogP contribution is 2.26. The first-order chi connectivity index (χ1) is 16.8. The van der Waals surface area contributed by atoms with Gasteiger partial charge < -0.3 is 16.0 Å². The Balaban J connectivity index is 1.32. The number of nitrogens with one attached hydrogen (secondary N) is 1. The zero-order valence-corrected chi connectivity index (χ0v) is 21.5. The number of anilines is 1. The summed E-state index contributed by atoms with van der Waals surface area (Å²) in [5.41, 5.74) is 7.78. The number of nitrogens with two attached hydrogens (primary N) is 1. The molecule has 0 spiro atoms. The van der Waals surface area contributed by atoms with Crippen LogP contribution in [-0.2, 0) is 11.2 Å². The Bertz CT molecular complexity index is 1070. The van der Waals surface area contributed by atoms with Gasteiger partial charge in [-0.25, -0.2) is 9.97 Å². The molecule has 2 aliphatic rings. The van der Waals surface area contributed by atoms with Crippen molar-refractivity contribution in [3.05, 3.63) is 51.4 Å². The molecule has 1 atom stereocenters. The molecule has 2 fully saturated rings. The van der Waals surface area contributed by atoms with Crippen LogP contribution in [0.25, 0.3) is 0 Å². The van der Waals surface area contributed by atoms with Gasteiger partial charge in [-0.3, -0.25) is 14.5 Å². The van der Waals surface area contributed by atoms with Gasteiger partial charge >= 0.3 is 0 Å². The van der Waals surface area contributed by atoms with Gasteiger partial charge in [-0.05, 0) is 63.3 Å². The maximum absolute atomic E-state index is 13.3. The Kier molecular flexibility index (Phi) is 8.46. The summed E-state index contributed by atoms with van der Waals surface area (Å²) in [6, 6.07) is 5.97. The third-order valence-corrected chi connectivity index (χ3v) is 7.84. The minimum Gasteiger partial charge on any atom is -0.369 e. The summed E-state index contributed by atoms with van der Waals surface area (Å²) < 4.78 is 0. The van der Waals surface area contributed by atoms with E-state index >= 15 is 0 Å². The third kappa shape index (κ3) is 6.23. The molecule has 2 aliphatic heterocycles. The maximum atomic E-state index is 13.3. The number of hydrogen-bond donors (Lipinski definition) is 2. The molecule has 10 heteroatoms. The van der Waals surface area contributed by atoms with Crippen LogP contribution in [0.5, 0.6) is 0 Å². The molecule has 3 N–H and O–H groups in total. The number of hydrogen-bond acceptors (Lipinski definition) is 6. The Hall–Kier alpha value is -2.42. The molecule has 8 nitrogen and oxygen atoms in total. The van der Waals surface area contributed by atoms with Gasteiger partial charge in [0.2, 0.25) is 5.91 Å². The van der Waals surface area contributed by atoms with Gasteiger partial charge in [-0.1, -0.05) is 29.3 Å². The highest BCUT2D eigenvalue weighted by Gasteiger charge is 2.32. The van der Waals surface area contributed by atoms with Crippen LogP contribution in [0.1, 0.15) is 47.3 Å². The van der Waals surface area contributed by atoms with E-state index in [1.165, 1.54) is 6.33 Å². The molecule has 2 saturated heterocycles. The van der Waals surface area contributed by atoms with Crippen LogP contribution in [-0.4, -0.2) is 70.3 Å². The van der Waals surface area contributed by atoms with Gasteiger partial charge in [0.25, 0.3) is 5.91 Å². The molecule has 35 heavy (non-hydrogen) atoms. The highest BCUT2D eigenvalue weighted by atomic mass is 35.5. The summed E-state index contributed by atoms with van der Waals surface area (Å²) in [5, 5.41) is 4.38. The van der Waals surface area contributed by atoms with Crippen molar-refractivity contribution in [2.24, 2.45) is 11.7 Å². The average molecular weight is 519 g/mol. The minimum absolute atomic E-state index is 0.0605. The maximum Gasteiger partial charge on any atom is 0.272 e. The number of primary amides is 1. The Morgan fingerprint density at radius 3 is 2.60 bits per heavy atom. The number of aromatic nitrogens is 2. The number of nitrogens with zero attached hydrogens (tertiary/aromatic N) is 4. The SMILES string of the molecule is Cc1c(NCCc2ccc(Cl)c(Cl)c2)ncnc1C(=O)N1CCC(N2CCCC(C(N)=O)C2)CC1. The lowest BCUT2D eigenvalue weighted by Crippen LogP contribution is -2.51. The molecule has 0 radical (unpaired) electrons. The summed E-state index contributed by atoms with van der Waals surface area (Å²) in [7, 11) is 0. The van der Waals surface area contributed by atoms with Crippen LogP contribution in [0.4, 0.5) is 5.82 Å². The van der Waals surface area contributed by atoms with E-state index in [9.17, 15) is 9.59 Å². The van der Waals surface area contributed by atoms with Crippen molar-refractivity contribution in [3.63, 3.8) is 0 Å². The summed E-state index contributed by atoms with van der Waals surface area (Å²) in [5.74, 6) is 0.325. The second-order valence-corrected chi connectivity index (χ2v) is 10.2. The highest BCUT2D eigenvalue weighted by molar-refractivity contribution is 6.42. The number of rotatable bonds is 7. The number of halogens is 2. The molecule has 1 unspecified atom stereocenters. The first-order valence-corrected chi connectivity index (χ1v) is 12.9. The number of amides is 2. The van der Waals surface area contributed by atoms with E-state index < -0.39 is 0 Å². The molecule has 0 bridgehead atoms. The van der Waals surface area contributed by atoms with Crippen LogP contribution in [0.2, 0.25) is 10.0 Å². The van der Waals surface area contributed by atoms with Gasteiger partial charge in [-0.15, -0.1) is 0 Å². The molecule has 0 saturated carbocycles. The van der Waals surface area contributed by atoms with E-state index in [0.717, 1.165) is 56.3 Å². The van der Waals surface area contributed by atoms with Crippen LogP contribution in [0.3, 0.4) is 0 Å². The lowest BCUT2D eigenvalue weighted by atomic mass is 9.93. The van der Waals surface area contributed by atoms with Gasteiger partial charge in [0.1, 0.15) is 17.8 Å². The average Bonchev–Trinajstić information content (AvgIpc) is 2.87. The van der Waals surface area contributed by atoms with Gasteiger partial charge in [0.05, 0.1) is 16.0 Å². The Labute approximate surface area is 216 Å². The second-order valence-electron chi connectivity index (χ2n) is 9.38. The zero-order chi connectivity index (χ0) is 24.9. The predicted octanol–water partition coefficient (Wildman–Crippen LogP) is 3.55. The molecule has 0 aliphatic carbocycles. The lowest BCUT2D eigenvalue weighted by molar-refractivity contribution is -0.123. The second kappa shape index (κ2) is 11.5. The van der Waals surface area contributed by atoms with Crippen molar-refractivity contribution in [1.29, 1.82) is 0 Å². The molecule has 1 aromatic heterocycles. The van der Waals surface area contributed by atoms with E-state index in [1.807, 2.05) is 24.0 Å². The fourth-order valence-electron chi connectivity index (χ4n) is 5.02. The molecule has 188 valence electrons.